The number of hydrogen-bond donors (Lipinski definition) is 1. The van der Waals surface area contributed by atoms with E-state index in [1.165, 1.54) is 11.3 Å². The molecule has 1 aromatic heterocycles. The van der Waals surface area contributed by atoms with E-state index in [-0.39, 0.29) is 5.91 Å². The Morgan fingerprint density at radius 1 is 1.57 bits per heavy atom. The Labute approximate surface area is 92.6 Å². The molecular weight excluding hydrogens is 218 g/mol. The summed E-state index contributed by atoms with van der Waals surface area (Å²) in [6.45, 7) is 2.51. The number of rotatable bonds is 4. The molecule has 0 atom stereocenters. The molecule has 0 unspecified atom stereocenters. The summed E-state index contributed by atoms with van der Waals surface area (Å²) in [5.74, 6) is 0.455. The zero-order chi connectivity index (χ0) is 10.4. The molecule has 0 fully saturated rings. The predicted octanol–water partition coefficient (Wildman–Crippen LogP) is 2.58. The fourth-order valence-corrected chi connectivity index (χ4v) is 1.85. The van der Waals surface area contributed by atoms with E-state index >= 15 is 0 Å². The largest absolute Gasteiger partial charge is 0.348 e. The van der Waals surface area contributed by atoms with Crippen molar-refractivity contribution in [3.8, 4) is 0 Å². The summed E-state index contributed by atoms with van der Waals surface area (Å²) in [5.41, 5.74) is 0. The number of amides is 1. The number of carbonyl (C=O) groups is 1. The number of nitrogens with one attached hydrogen (secondary N) is 1. The lowest BCUT2D eigenvalue weighted by atomic mass is 10.4. The summed E-state index contributed by atoms with van der Waals surface area (Å²) in [4.78, 5) is 13.4. The molecule has 76 valence electrons. The molecule has 4 heteroatoms. The van der Waals surface area contributed by atoms with Crippen molar-refractivity contribution in [1.82, 2.24) is 5.32 Å². The average Bonchev–Trinajstić information content (AvgIpc) is 2.59. The maximum absolute atomic E-state index is 11.5. The molecular formula is C10H12ClNOS. The van der Waals surface area contributed by atoms with Gasteiger partial charge in [0.1, 0.15) is 0 Å². The highest BCUT2D eigenvalue weighted by Crippen LogP contribution is 2.14. The second-order valence-electron chi connectivity index (χ2n) is 2.75. The summed E-state index contributed by atoms with van der Waals surface area (Å²) >= 11 is 6.94. The number of allylic oxidation sites excluding steroid dienone is 1. The van der Waals surface area contributed by atoms with Crippen molar-refractivity contribution in [2.24, 2.45) is 0 Å². The van der Waals surface area contributed by atoms with Crippen molar-refractivity contribution < 1.29 is 4.79 Å². The minimum atomic E-state index is -0.0256. The van der Waals surface area contributed by atoms with E-state index in [9.17, 15) is 4.79 Å². The number of alkyl halides is 1. The van der Waals surface area contributed by atoms with E-state index in [0.29, 0.717) is 12.4 Å². The molecule has 0 radical (unpaired) electrons. The first-order chi connectivity index (χ1) is 6.74. The highest BCUT2D eigenvalue weighted by atomic mass is 35.5. The van der Waals surface area contributed by atoms with Gasteiger partial charge in [0, 0.05) is 17.3 Å². The molecule has 1 aromatic rings. The fourth-order valence-electron chi connectivity index (χ4n) is 0.942. The van der Waals surface area contributed by atoms with Crippen LogP contribution in [-0.2, 0) is 0 Å². The number of hydrogen-bond acceptors (Lipinski definition) is 2. The zero-order valence-corrected chi connectivity index (χ0v) is 9.49. The van der Waals surface area contributed by atoms with E-state index in [2.05, 4.69) is 5.32 Å². The first-order valence-corrected chi connectivity index (χ1v) is 5.64. The van der Waals surface area contributed by atoms with Crippen LogP contribution in [0.2, 0.25) is 0 Å². The quantitative estimate of drug-likeness (QED) is 0.624. The smallest absolute Gasteiger partial charge is 0.261 e. The standard InChI is InChI=1S/C10H12ClNOS/c1-8-4-5-9(14-8)10(13)12-7-3-2-6-11/h2-5H,6-7H2,1H3,(H,12,13)/b3-2+. The van der Waals surface area contributed by atoms with Crippen molar-refractivity contribution in [3.05, 3.63) is 34.0 Å². The van der Waals surface area contributed by atoms with E-state index in [1.54, 1.807) is 0 Å². The second kappa shape index (κ2) is 5.83. The molecule has 14 heavy (non-hydrogen) atoms. The minimum absolute atomic E-state index is 0.0256. The Balaban J connectivity index is 2.39. The van der Waals surface area contributed by atoms with Gasteiger partial charge < -0.3 is 5.32 Å². The fraction of sp³-hybridized carbons (Fsp3) is 0.300. The molecule has 0 bridgehead atoms. The molecule has 1 N–H and O–H groups in total. The lowest BCUT2D eigenvalue weighted by Gasteiger charge is -1.97. The molecule has 1 rings (SSSR count). The SMILES string of the molecule is Cc1ccc(C(=O)NC/C=C/CCl)s1. The topological polar surface area (TPSA) is 29.1 Å². The summed E-state index contributed by atoms with van der Waals surface area (Å²) in [5, 5.41) is 2.77. The first kappa shape index (κ1) is 11.3. The Morgan fingerprint density at radius 2 is 2.36 bits per heavy atom. The maximum Gasteiger partial charge on any atom is 0.261 e. The van der Waals surface area contributed by atoms with Crippen molar-refractivity contribution in [2.75, 3.05) is 12.4 Å². The molecule has 0 saturated carbocycles. The normalized spacial score (nSPS) is 10.7. The van der Waals surface area contributed by atoms with E-state index in [1.807, 2.05) is 31.2 Å². The maximum atomic E-state index is 11.5. The van der Waals surface area contributed by atoms with Gasteiger partial charge in [-0.15, -0.1) is 22.9 Å². The van der Waals surface area contributed by atoms with Gasteiger partial charge in [0.2, 0.25) is 0 Å². The molecule has 0 saturated heterocycles. The van der Waals surface area contributed by atoms with Crippen LogP contribution in [0.1, 0.15) is 14.5 Å². The second-order valence-corrected chi connectivity index (χ2v) is 4.34. The third-order valence-electron chi connectivity index (χ3n) is 1.60. The number of thiophene rings is 1. The van der Waals surface area contributed by atoms with E-state index < -0.39 is 0 Å². The van der Waals surface area contributed by atoms with E-state index in [4.69, 9.17) is 11.6 Å². The summed E-state index contributed by atoms with van der Waals surface area (Å²) in [6.07, 6.45) is 3.65. The van der Waals surface area contributed by atoms with Gasteiger partial charge in [-0.05, 0) is 19.1 Å². The average molecular weight is 230 g/mol. The van der Waals surface area contributed by atoms with Crippen molar-refractivity contribution in [1.29, 1.82) is 0 Å². The number of aryl methyl sites for hydroxylation is 1. The van der Waals surface area contributed by atoms with Gasteiger partial charge in [-0.3, -0.25) is 4.79 Å². The van der Waals surface area contributed by atoms with Gasteiger partial charge in [-0.1, -0.05) is 12.2 Å². The predicted molar refractivity (Wildman–Crippen MR) is 61.2 cm³/mol. The van der Waals surface area contributed by atoms with Crippen LogP contribution in [0.3, 0.4) is 0 Å². The Kier molecular flexibility index (Phi) is 4.70. The van der Waals surface area contributed by atoms with Crippen LogP contribution in [0.15, 0.2) is 24.3 Å². The summed E-state index contributed by atoms with van der Waals surface area (Å²) in [6, 6.07) is 3.77. The molecule has 1 amide bonds. The van der Waals surface area contributed by atoms with Crippen LogP contribution in [0, 0.1) is 6.92 Å². The summed E-state index contributed by atoms with van der Waals surface area (Å²) in [7, 11) is 0. The summed E-state index contributed by atoms with van der Waals surface area (Å²) < 4.78 is 0. The van der Waals surface area contributed by atoms with Gasteiger partial charge in [-0.25, -0.2) is 0 Å². The van der Waals surface area contributed by atoms with Crippen LogP contribution in [0.5, 0.6) is 0 Å². The third kappa shape index (κ3) is 3.52. The van der Waals surface area contributed by atoms with Gasteiger partial charge in [0.15, 0.2) is 0 Å². The molecule has 0 aromatic carbocycles. The number of carbonyl (C=O) groups excluding carboxylic acids is 1. The third-order valence-corrected chi connectivity index (χ3v) is 2.78. The van der Waals surface area contributed by atoms with E-state index in [0.717, 1.165) is 9.75 Å². The van der Waals surface area contributed by atoms with Gasteiger partial charge in [0.25, 0.3) is 5.91 Å². The lowest BCUT2D eigenvalue weighted by molar-refractivity contribution is 0.0962. The van der Waals surface area contributed by atoms with Crippen molar-refractivity contribution in [3.63, 3.8) is 0 Å². The van der Waals surface area contributed by atoms with Crippen LogP contribution in [0.25, 0.3) is 0 Å². The molecule has 0 spiro atoms. The van der Waals surface area contributed by atoms with Gasteiger partial charge in [-0.2, -0.15) is 0 Å². The monoisotopic (exact) mass is 229 g/mol. The van der Waals surface area contributed by atoms with Gasteiger partial charge in [0.05, 0.1) is 4.88 Å². The highest BCUT2D eigenvalue weighted by molar-refractivity contribution is 7.13. The molecule has 0 aliphatic rings. The van der Waals surface area contributed by atoms with Gasteiger partial charge >= 0.3 is 0 Å². The number of halogens is 1. The Hall–Kier alpha value is -0.800. The molecule has 0 aliphatic carbocycles. The Morgan fingerprint density at radius 3 is 2.93 bits per heavy atom. The zero-order valence-electron chi connectivity index (χ0n) is 7.92. The van der Waals surface area contributed by atoms with Crippen molar-refractivity contribution >= 4 is 28.8 Å². The Bertz CT molecular complexity index is 333. The van der Waals surface area contributed by atoms with Crippen LogP contribution in [0.4, 0.5) is 0 Å². The first-order valence-electron chi connectivity index (χ1n) is 4.29. The highest BCUT2D eigenvalue weighted by Gasteiger charge is 2.05. The van der Waals surface area contributed by atoms with Crippen LogP contribution >= 0.6 is 22.9 Å². The van der Waals surface area contributed by atoms with Crippen LogP contribution in [-0.4, -0.2) is 18.3 Å². The molecule has 2 nitrogen and oxygen atoms in total. The molecule has 0 aliphatic heterocycles. The minimum Gasteiger partial charge on any atom is -0.348 e. The van der Waals surface area contributed by atoms with Crippen molar-refractivity contribution in [2.45, 2.75) is 6.92 Å². The lowest BCUT2D eigenvalue weighted by Crippen LogP contribution is -2.22. The molecule has 1 heterocycles. The van der Waals surface area contributed by atoms with Crippen LogP contribution < -0.4 is 5.32 Å².